The predicted octanol–water partition coefficient (Wildman–Crippen LogP) is 3.49. The van der Waals surface area contributed by atoms with Crippen molar-refractivity contribution in [2.24, 2.45) is 10.8 Å². The highest BCUT2D eigenvalue weighted by molar-refractivity contribution is 7.91. The zero-order chi connectivity index (χ0) is 30.9. The van der Waals surface area contributed by atoms with Crippen molar-refractivity contribution in [3.05, 3.63) is 71.3 Å². The molecule has 1 amide bonds. The number of methoxy groups -OCH3 is 1. The maximum Gasteiger partial charge on any atom is 0.312 e. The summed E-state index contributed by atoms with van der Waals surface area (Å²) in [7, 11) is -0.365. The molecule has 0 aromatic heterocycles. The molecule has 232 valence electrons. The second-order valence-electron chi connectivity index (χ2n) is 12.2. The van der Waals surface area contributed by atoms with E-state index in [-0.39, 0.29) is 30.0 Å². The molecule has 0 saturated heterocycles. The number of esters is 1. The van der Waals surface area contributed by atoms with Gasteiger partial charge in [0.2, 0.25) is 5.91 Å². The minimum absolute atomic E-state index is 0.0497. The van der Waals surface area contributed by atoms with Crippen molar-refractivity contribution in [3.8, 4) is 0 Å². The summed E-state index contributed by atoms with van der Waals surface area (Å²) >= 11 is 0. The molecule has 1 unspecified atom stereocenters. The van der Waals surface area contributed by atoms with E-state index in [2.05, 4.69) is 10.9 Å². The Kier molecular flexibility index (Phi) is 11.7. The summed E-state index contributed by atoms with van der Waals surface area (Å²) in [5.41, 5.74) is 6.09. The van der Waals surface area contributed by atoms with Gasteiger partial charge in [0.15, 0.2) is 9.84 Å². The highest BCUT2D eigenvalue weighted by Crippen LogP contribution is 2.49. The number of ether oxygens (including phenoxy) is 2. The number of hydrogen-bond acceptors (Lipinski definition) is 8. The van der Waals surface area contributed by atoms with Crippen LogP contribution in [0.15, 0.2) is 54.6 Å². The topological polar surface area (TPSA) is 131 Å². The van der Waals surface area contributed by atoms with Gasteiger partial charge in [0.05, 0.1) is 49.3 Å². The van der Waals surface area contributed by atoms with Crippen LogP contribution < -0.4 is 10.9 Å². The van der Waals surface area contributed by atoms with Gasteiger partial charge in [0, 0.05) is 7.05 Å². The Bertz CT molecular complexity index is 1290. The normalized spacial score (nSPS) is 15.9. The molecule has 1 saturated carbocycles. The number of rotatable bonds is 18. The second kappa shape index (κ2) is 14.6. The number of carbonyl (C=O) groups is 2. The Morgan fingerprint density at radius 1 is 1.02 bits per heavy atom. The minimum Gasteiger partial charge on any atom is -0.469 e. The minimum atomic E-state index is -3.41. The quantitative estimate of drug-likeness (QED) is 0.175. The van der Waals surface area contributed by atoms with Gasteiger partial charge in [-0.25, -0.2) is 13.8 Å². The molecule has 1 aliphatic carbocycles. The molecule has 2 aromatic rings. The van der Waals surface area contributed by atoms with Crippen LogP contribution in [0.5, 0.6) is 0 Å². The fourth-order valence-corrected chi connectivity index (χ4v) is 7.46. The van der Waals surface area contributed by atoms with Crippen molar-refractivity contribution < 1.29 is 32.6 Å². The van der Waals surface area contributed by atoms with Crippen LogP contribution in [0.1, 0.15) is 62.6 Å². The first kappa shape index (κ1) is 33.7. The number of aliphatic hydroxyl groups excluding tert-OH is 1. The molecule has 1 atom stereocenters. The van der Waals surface area contributed by atoms with Crippen LogP contribution in [0.3, 0.4) is 0 Å². The Labute approximate surface area is 250 Å². The molecule has 42 heavy (non-hydrogen) atoms. The molecule has 1 fully saturated rings. The number of benzene rings is 2. The van der Waals surface area contributed by atoms with Gasteiger partial charge in [-0.1, -0.05) is 74.9 Å². The van der Waals surface area contributed by atoms with E-state index in [4.69, 9.17) is 14.6 Å². The number of aliphatic hydroxyl groups is 1. The smallest absolute Gasteiger partial charge is 0.312 e. The molecule has 3 rings (SSSR count). The van der Waals surface area contributed by atoms with Gasteiger partial charge in [-0.2, -0.15) is 0 Å². The fraction of sp³-hybridized carbons (Fsp3) is 0.562. The molecular weight excluding hydrogens is 556 g/mol. The highest BCUT2D eigenvalue weighted by Gasteiger charge is 2.51. The van der Waals surface area contributed by atoms with E-state index in [0.717, 1.165) is 29.5 Å². The summed E-state index contributed by atoms with van der Waals surface area (Å²) in [4.78, 5) is 26.3. The molecule has 1 aliphatic rings. The zero-order valence-electron chi connectivity index (χ0n) is 25.3. The second-order valence-corrected chi connectivity index (χ2v) is 14.4. The summed E-state index contributed by atoms with van der Waals surface area (Å²) in [6, 6.07) is 17.5. The number of sulfone groups is 1. The van der Waals surface area contributed by atoms with Gasteiger partial charge in [0.1, 0.15) is 0 Å². The van der Waals surface area contributed by atoms with Crippen molar-refractivity contribution in [3.63, 3.8) is 0 Å². The first-order valence-electron chi connectivity index (χ1n) is 14.5. The van der Waals surface area contributed by atoms with E-state index in [1.54, 1.807) is 7.05 Å². The number of nitrogens with one attached hydrogen (secondary N) is 2. The predicted molar refractivity (Wildman–Crippen MR) is 162 cm³/mol. The molecule has 0 aliphatic heterocycles. The Hall–Kier alpha value is -2.79. The third kappa shape index (κ3) is 9.10. The lowest BCUT2D eigenvalue weighted by atomic mass is 9.74. The molecule has 0 spiro atoms. The lowest BCUT2D eigenvalue weighted by molar-refractivity contribution is -0.147. The SMILES string of the molecule is CNNC(=O)C(CCCC(C)(C)CS(=O)(=O)CCO)(COCc1ccccc1)c1cccc(CC2(C(=O)OC)CC2)c1. The van der Waals surface area contributed by atoms with Gasteiger partial charge >= 0.3 is 5.97 Å². The summed E-state index contributed by atoms with van der Waals surface area (Å²) in [6.07, 6.45) is 3.58. The summed E-state index contributed by atoms with van der Waals surface area (Å²) in [5, 5.41) is 9.16. The van der Waals surface area contributed by atoms with Crippen molar-refractivity contribution in [1.29, 1.82) is 0 Å². The van der Waals surface area contributed by atoms with Gasteiger partial charge < -0.3 is 14.6 Å². The van der Waals surface area contributed by atoms with E-state index in [0.29, 0.717) is 32.3 Å². The van der Waals surface area contributed by atoms with Crippen LogP contribution in [0.4, 0.5) is 0 Å². The molecule has 0 heterocycles. The van der Waals surface area contributed by atoms with Gasteiger partial charge in [0.25, 0.3) is 0 Å². The van der Waals surface area contributed by atoms with Crippen LogP contribution in [0, 0.1) is 10.8 Å². The first-order valence-corrected chi connectivity index (χ1v) is 16.3. The van der Waals surface area contributed by atoms with E-state index < -0.39 is 32.7 Å². The van der Waals surface area contributed by atoms with Crippen molar-refractivity contribution in [2.45, 2.75) is 64.4 Å². The standard InChI is InChI=1S/C32H46N2O7S/c1-30(2,24-42(38,39)19-18-35)14-9-15-32(28(36)34-33-3,23-41-22-25-10-6-5-7-11-25)27-13-8-12-26(20-27)21-31(16-17-31)29(37)40-4/h5-8,10-13,20,33,35H,9,14-19,21-24H2,1-4H3,(H,34,36). The summed E-state index contributed by atoms with van der Waals surface area (Å²) in [5.74, 6) is -0.782. The Morgan fingerprint density at radius 2 is 1.71 bits per heavy atom. The van der Waals surface area contributed by atoms with Crippen LogP contribution in [-0.2, 0) is 47.3 Å². The maximum absolute atomic E-state index is 13.9. The van der Waals surface area contributed by atoms with E-state index in [1.807, 2.05) is 68.4 Å². The van der Waals surface area contributed by atoms with Crippen molar-refractivity contribution >= 4 is 21.7 Å². The molecule has 0 radical (unpaired) electrons. The van der Waals surface area contributed by atoms with E-state index >= 15 is 0 Å². The average molecular weight is 603 g/mol. The fourth-order valence-electron chi connectivity index (χ4n) is 5.70. The Morgan fingerprint density at radius 3 is 2.33 bits per heavy atom. The summed E-state index contributed by atoms with van der Waals surface area (Å²) < 4.78 is 36.2. The van der Waals surface area contributed by atoms with Crippen LogP contribution in [0.25, 0.3) is 0 Å². The van der Waals surface area contributed by atoms with Gasteiger partial charge in [-0.05, 0) is 54.2 Å². The number of hydrogen-bond donors (Lipinski definition) is 3. The van der Waals surface area contributed by atoms with Crippen molar-refractivity contribution in [1.82, 2.24) is 10.9 Å². The Balaban J connectivity index is 1.92. The van der Waals surface area contributed by atoms with Gasteiger partial charge in [-0.15, -0.1) is 0 Å². The number of amides is 1. The molecular formula is C32H46N2O7S. The molecule has 0 bridgehead atoms. The third-order valence-electron chi connectivity index (χ3n) is 8.10. The highest BCUT2D eigenvalue weighted by atomic mass is 32.2. The molecule has 9 nitrogen and oxygen atoms in total. The zero-order valence-corrected chi connectivity index (χ0v) is 26.1. The maximum atomic E-state index is 13.9. The molecule has 2 aromatic carbocycles. The third-order valence-corrected chi connectivity index (χ3v) is 10.1. The van der Waals surface area contributed by atoms with Crippen molar-refractivity contribution in [2.75, 3.05) is 38.9 Å². The van der Waals surface area contributed by atoms with Gasteiger partial charge in [-0.3, -0.25) is 15.0 Å². The van der Waals surface area contributed by atoms with Crippen LogP contribution >= 0.6 is 0 Å². The number of carbonyl (C=O) groups excluding carboxylic acids is 2. The summed E-state index contributed by atoms with van der Waals surface area (Å²) in [6.45, 7) is 3.81. The lowest BCUT2D eigenvalue weighted by Crippen LogP contribution is -2.51. The molecule has 3 N–H and O–H groups in total. The number of hydrazine groups is 1. The average Bonchev–Trinajstić information content (AvgIpc) is 3.72. The van der Waals surface area contributed by atoms with Crippen LogP contribution in [0.2, 0.25) is 0 Å². The first-order chi connectivity index (χ1) is 19.9. The van der Waals surface area contributed by atoms with Crippen LogP contribution in [-0.4, -0.2) is 64.3 Å². The lowest BCUT2D eigenvalue weighted by Gasteiger charge is -2.34. The van der Waals surface area contributed by atoms with E-state index in [1.165, 1.54) is 7.11 Å². The molecule has 10 heteroatoms. The monoisotopic (exact) mass is 602 g/mol. The largest absolute Gasteiger partial charge is 0.469 e. The van der Waals surface area contributed by atoms with E-state index in [9.17, 15) is 18.0 Å².